The van der Waals surface area contributed by atoms with Gasteiger partial charge in [0, 0.05) is 12.2 Å². The molecule has 1 rings (SSSR count). The monoisotopic (exact) mass is 287 g/mol. The first-order valence-corrected chi connectivity index (χ1v) is 5.68. The van der Waals surface area contributed by atoms with Gasteiger partial charge in [-0.3, -0.25) is 4.79 Å². The quantitative estimate of drug-likeness (QED) is 0.665. The van der Waals surface area contributed by atoms with Crippen LogP contribution >= 0.6 is 15.9 Å². The van der Waals surface area contributed by atoms with Gasteiger partial charge in [0.25, 0.3) is 0 Å². The van der Waals surface area contributed by atoms with Gasteiger partial charge in [-0.2, -0.15) is 0 Å². The molecule has 88 valence electrons. The summed E-state index contributed by atoms with van der Waals surface area (Å²) in [5.74, 6) is 0.509. The molecule has 0 heterocycles. The van der Waals surface area contributed by atoms with Crippen LogP contribution in [-0.2, 0) is 9.53 Å². The summed E-state index contributed by atoms with van der Waals surface area (Å²) in [5, 5.41) is 3.11. The second-order valence-electron chi connectivity index (χ2n) is 3.10. The molecule has 16 heavy (non-hydrogen) atoms. The Labute approximate surface area is 103 Å². The summed E-state index contributed by atoms with van der Waals surface area (Å²) in [6, 6.07) is 7.47. The fourth-order valence-electron chi connectivity index (χ4n) is 1.13. The van der Waals surface area contributed by atoms with Crippen molar-refractivity contribution in [2.24, 2.45) is 0 Å². The van der Waals surface area contributed by atoms with E-state index in [0.717, 1.165) is 11.4 Å². The van der Waals surface area contributed by atoms with Gasteiger partial charge in [0.1, 0.15) is 10.6 Å². The van der Waals surface area contributed by atoms with E-state index in [9.17, 15) is 4.79 Å². The zero-order valence-electron chi connectivity index (χ0n) is 9.20. The van der Waals surface area contributed by atoms with Gasteiger partial charge >= 0.3 is 5.97 Å². The lowest BCUT2D eigenvalue weighted by atomic mass is 10.3. The van der Waals surface area contributed by atoms with Crippen LogP contribution in [0, 0.1) is 0 Å². The van der Waals surface area contributed by atoms with Crippen molar-refractivity contribution >= 4 is 27.6 Å². The number of nitrogens with one attached hydrogen (secondary N) is 1. The summed E-state index contributed by atoms with van der Waals surface area (Å²) in [6.45, 7) is 0.471. The highest BCUT2D eigenvalue weighted by Gasteiger charge is 2.14. The van der Waals surface area contributed by atoms with E-state index in [1.807, 2.05) is 24.3 Å². The molecule has 4 nitrogen and oxygen atoms in total. The Morgan fingerprint density at radius 1 is 1.38 bits per heavy atom. The predicted molar refractivity (Wildman–Crippen MR) is 66.2 cm³/mol. The van der Waals surface area contributed by atoms with Crippen molar-refractivity contribution in [2.45, 2.75) is 4.83 Å². The number of benzene rings is 1. The number of esters is 1. The minimum Gasteiger partial charge on any atom is -0.497 e. The van der Waals surface area contributed by atoms with Crippen LogP contribution < -0.4 is 10.1 Å². The third kappa shape index (κ3) is 3.73. The van der Waals surface area contributed by atoms with E-state index < -0.39 is 0 Å². The number of ether oxygens (including phenoxy) is 2. The first-order valence-electron chi connectivity index (χ1n) is 4.77. The Kier molecular flexibility index (Phi) is 5.11. The lowest BCUT2D eigenvalue weighted by molar-refractivity contribution is -0.139. The van der Waals surface area contributed by atoms with E-state index in [0.29, 0.717) is 6.54 Å². The molecule has 0 amide bonds. The van der Waals surface area contributed by atoms with Crippen molar-refractivity contribution < 1.29 is 14.3 Å². The minimum atomic E-state index is -0.348. The van der Waals surface area contributed by atoms with Crippen LogP contribution in [0.4, 0.5) is 5.69 Å². The van der Waals surface area contributed by atoms with Gasteiger partial charge in [-0.05, 0) is 24.3 Å². The summed E-state index contributed by atoms with van der Waals surface area (Å²) in [4.78, 5) is 10.8. The van der Waals surface area contributed by atoms with Gasteiger partial charge in [0.15, 0.2) is 0 Å². The lowest BCUT2D eigenvalue weighted by Crippen LogP contribution is -2.24. The second-order valence-corrected chi connectivity index (χ2v) is 4.21. The van der Waals surface area contributed by atoms with E-state index in [1.165, 1.54) is 7.11 Å². The van der Waals surface area contributed by atoms with Gasteiger partial charge in [-0.15, -0.1) is 0 Å². The van der Waals surface area contributed by atoms with E-state index in [4.69, 9.17) is 4.74 Å². The third-order valence-electron chi connectivity index (χ3n) is 2.03. The molecular formula is C11H14BrNO3. The molecule has 1 aromatic rings. The van der Waals surface area contributed by atoms with Crippen LogP contribution in [0.3, 0.4) is 0 Å². The van der Waals surface area contributed by atoms with Crippen LogP contribution in [0.15, 0.2) is 24.3 Å². The number of halogens is 1. The van der Waals surface area contributed by atoms with Gasteiger partial charge in [-0.25, -0.2) is 0 Å². The van der Waals surface area contributed by atoms with E-state index >= 15 is 0 Å². The number of carbonyl (C=O) groups excluding carboxylic acids is 1. The van der Waals surface area contributed by atoms with Crippen LogP contribution in [0.2, 0.25) is 0 Å². The second kappa shape index (κ2) is 6.37. The number of alkyl halides is 1. The fourth-order valence-corrected chi connectivity index (χ4v) is 1.48. The molecule has 1 aromatic carbocycles. The molecule has 0 radical (unpaired) electrons. The zero-order valence-corrected chi connectivity index (χ0v) is 10.8. The van der Waals surface area contributed by atoms with E-state index in [2.05, 4.69) is 26.0 Å². The number of carbonyl (C=O) groups is 1. The van der Waals surface area contributed by atoms with Gasteiger partial charge in [-0.1, -0.05) is 15.9 Å². The highest BCUT2D eigenvalue weighted by atomic mass is 79.9. The van der Waals surface area contributed by atoms with E-state index in [-0.39, 0.29) is 10.8 Å². The van der Waals surface area contributed by atoms with Gasteiger partial charge in [0.2, 0.25) is 0 Å². The Hall–Kier alpha value is -1.23. The Morgan fingerprint density at radius 3 is 2.50 bits per heavy atom. The predicted octanol–water partition coefficient (Wildman–Crippen LogP) is 2.04. The highest BCUT2D eigenvalue weighted by molar-refractivity contribution is 9.10. The van der Waals surface area contributed by atoms with E-state index in [1.54, 1.807) is 7.11 Å². The van der Waals surface area contributed by atoms with Crippen molar-refractivity contribution in [3.63, 3.8) is 0 Å². The summed E-state index contributed by atoms with van der Waals surface area (Å²) in [6.07, 6.45) is 0. The summed E-state index contributed by atoms with van der Waals surface area (Å²) >= 11 is 3.23. The Morgan fingerprint density at radius 2 is 2.00 bits per heavy atom. The zero-order chi connectivity index (χ0) is 12.0. The first kappa shape index (κ1) is 12.8. The number of anilines is 1. The molecule has 1 N–H and O–H groups in total. The molecule has 0 aliphatic rings. The molecule has 1 atom stereocenters. The molecule has 5 heteroatoms. The number of methoxy groups -OCH3 is 2. The summed E-state index contributed by atoms with van der Waals surface area (Å²) < 4.78 is 9.63. The molecular weight excluding hydrogens is 274 g/mol. The van der Waals surface area contributed by atoms with Crippen LogP contribution in [-0.4, -0.2) is 31.6 Å². The SMILES string of the molecule is COC(=O)C(Br)CNc1ccc(OC)cc1. The maximum absolute atomic E-state index is 11.1. The molecule has 0 spiro atoms. The van der Waals surface area contributed by atoms with Crippen molar-refractivity contribution in [2.75, 3.05) is 26.1 Å². The summed E-state index contributed by atoms with van der Waals surface area (Å²) in [5.41, 5.74) is 0.925. The smallest absolute Gasteiger partial charge is 0.321 e. The Balaban J connectivity index is 2.45. The Bertz CT molecular complexity index is 340. The molecule has 0 aromatic heterocycles. The molecule has 0 saturated heterocycles. The maximum Gasteiger partial charge on any atom is 0.321 e. The maximum atomic E-state index is 11.1. The molecule has 0 saturated carbocycles. The third-order valence-corrected chi connectivity index (χ3v) is 2.73. The molecule has 0 bridgehead atoms. The standard InChI is InChI=1S/C11H14BrNO3/c1-15-9-5-3-8(4-6-9)13-7-10(12)11(14)16-2/h3-6,10,13H,7H2,1-2H3. The highest BCUT2D eigenvalue weighted by Crippen LogP contribution is 2.15. The number of hydrogen-bond acceptors (Lipinski definition) is 4. The van der Waals surface area contributed by atoms with Crippen molar-refractivity contribution in [1.29, 1.82) is 0 Å². The lowest BCUT2D eigenvalue weighted by Gasteiger charge is -2.10. The average molecular weight is 288 g/mol. The molecule has 0 aliphatic heterocycles. The number of hydrogen-bond donors (Lipinski definition) is 1. The topological polar surface area (TPSA) is 47.6 Å². The first-order chi connectivity index (χ1) is 7.67. The molecule has 0 aliphatic carbocycles. The molecule has 0 fully saturated rings. The fraction of sp³-hybridized carbons (Fsp3) is 0.364. The van der Waals surface area contributed by atoms with Crippen LogP contribution in [0.25, 0.3) is 0 Å². The van der Waals surface area contributed by atoms with Crippen LogP contribution in [0.5, 0.6) is 5.75 Å². The van der Waals surface area contributed by atoms with Gasteiger partial charge < -0.3 is 14.8 Å². The van der Waals surface area contributed by atoms with Crippen molar-refractivity contribution in [1.82, 2.24) is 0 Å². The average Bonchev–Trinajstić information content (AvgIpc) is 2.35. The normalized spacial score (nSPS) is 11.7. The largest absolute Gasteiger partial charge is 0.497 e. The van der Waals surface area contributed by atoms with Crippen LogP contribution in [0.1, 0.15) is 0 Å². The minimum absolute atomic E-state index is 0.291. The van der Waals surface area contributed by atoms with Crippen molar-refractivity contribution in [3.8, 4) is 5.75 Å². The van der Waals surface area contributed by atoms with Crippen molar-refractivity contribution in [3.05, 3.63) is 24.3 Å². The van der Waals surface area contributed by atoms with Gasteiger partial charge in [0.05, 0.1) is 14.2 Å². The molecule has 1 unspecified atom stereocenters. The number of rotatable bonds is 5. The summed E-state index contributed by atoms with van der Waals surface area (Å²) in [7, 11) is 2.98.